The van der Waals surface area contributed by atoms with Gasteiger partial charge in [0.2, 0.25) is 0 Å². The summed E-state index contributed by atoms with van der Waals surface area (Å²) in [7, 11) is 0. The van der Waals surface area contributed by atoms with Gasteiger partial charge in [-0.05, 0) is 0 Å². The molecule has 0 fully saturated rings. The van der Waals surface area contributed by atoms with Crippen LogP contribution in [0.2, 0.25) is 0 Å². The summed E-state index contributed by atoms with van der Waals surface area (Å²) in [6.07, 6.45) is 0. The quantitative estimate of drug-likeness (QED) is 0.613. The van der Waals surface area contributed by atoms with E-state index < -0.39 is 0 Å². The molecule has 0 unspecified atom stereocenters. The summed E-state index contributed by atoms with van der Waals surface area (Å²) in [5.74, 6) is 0. The van der Waals surface area contributed by atoms with E-state index in [2.05, 4.69) is 34.6 Å². The fourth-order valence-electron chi connectivity index (χ4n) is 1.59. The minimum absolute atomic E-state index is 0. The molecule has 0 saturated heterocycles. The van der Waals surface area contributed by atoms with Gasteiger partial charge in [-0.25, -0.2) is 0 Å². The summed E-state index contributed by atoms with van der Waals surface area (Å²) in [4.78, 5) is 0. The molecule has 0 spiro atoms. The molecular formula is C10H18Cl3Zr. The van der Waals surface area contributed by atoms with Gasteiger partial charge in [0.25, 0.3) is 0 Å². The molecule has 0 atom stereocenters. The van der Waals surface area contributed by atoms with Gasteiger partial charge in [-0.15, -0.1) is 37.2 Å². The van der Waals surface area contributed by atoms with E-state index in [1.54, 1.807) is 33.6 Å². The van der Waals surface area contributed by atoms with Crippen LogP contribution in [0.1, 0.15) is 34.6 Å². The van der Waals surface area contributed by atoms with Crippen molar-refractivity contribution in [3.63, 3.8) is 0 Å². The van der Waals surface area contributed by atoms with Crippen molar-refractivity contribution < 1.29 is 24.7 Å². The standard InChI is InChI=1S/C10H15.3ClH.Zr/c1-7-6-10(4,5)9(3)8(7)2;;;;/h1-5H3;3*1H;. The first-order valence-corrected chi connectivity index (χ1v) is 5.23. The van der Waals surface area contributed by atoms with E-state index in [4.69, 9.17) is 0 Å². The summed E-state index contributed by atoms with van der Waals surface area (Å²) < 4.78 is 1.62. The van der Waals surface area contributed by atoms with Gasteiger partial charge in [-0.2, -0.15) is 0 Å². The van der Waals surface area contributed by atoms with E-state index in [0.717, 1.165) is 0 Å². The van der Waals surface area contributed by atoms with Crippen LogP contribution in [0.4, 0.5) is 0 Å². The monoisotopic (exact) mass is 333 g/mol. The van der Waals surface area contributed by atoms with E-state index in [0.29, 0.717) is 5.41 Å². The Hall–Kier alpha value is 1.23. The number of halogens is 3. The molecule has 1 aliphatic rings. The molecule has 0 amide bonds. The van der Waals surface area contributed by atoms with Crippen molar-refractivity contribution in [2.75, 3.05) is 0 Å². The van der Waals surface area contributed by atoms with Gasteiger partial charge in [-0.1, -0.05) is 0 Å². The third-order valence-electron chi connectivity index (χ3n) is 3.06. The number of allylic oxidation sites excluding steroid dienone is 4. The Balaban J connectivity index is -0.000000403. The van der Waals surface area contributed by atoms with Crippen LogP contribution in [-0.4, -0.2) is 0 Å². The second-order valence-corrected chi connectivity index (χ2v) is 5.10. The van der Waals surface area contributed by atoms with Crippen LogP contribution in [0.25, 0.3) is 0 Å². The van der Waals surface area contributed by atoms with Gasteiger partial charge in [0.05, 0.1) is 0 Å². The van der Waals surface area contributed by atoms with Gasteiger partial charge in [0.1, 0.15) is 0 Å². The smallest absolute Gasteiger partial charge is 0.147 e. The van der Waals surface area contributed by atoms with Crippen molar-refractivity contribution in [3.05, 3.63) is 20.0 Å². The molecule has 0 nitrogen and oxygen atoms in total. The largest absolute Gasteiger partial charge is 0.147 e. The molecule has 83 valence electrons. The van der Waals surface area contributed by atoms with E-state index >= 15 is 0 Å². The molecule has 4 heteroatoms. The third kappa shape index (κ3) is 3.11. The first-order chi connectivity index (χ1) is 4.89. The maximum absolute atomic E-state index is 2.33. The predicted molar refractivity (Wildman–Crippen MR) is 66.6 cm³/mol. The Labute approximate surface area is 121 Å². The van der Waals surface area contributed by atoms with E-state index in [9.17, 15) is 0 Å². The fourth-order valence-corrected chi connectivity index (χ4v) is 2.52. The van der Waals surface area contributed by atoms with Gasteiger partial charge < -0.3 is 0 Å². The Kier molecular flexibility index (Phi) is 9.92. The van der Waals surface area contributed by atoms with Gasteiger partial charge >= 0.3 is 84.8 Å². The molecule has 0 radical (unpaired) electrons. The topological polar surface area (TPSA) is 0 Å². The molecule has 1 aliphatic carbocycles. The first kappa shape index (κ1) is 20.6. The molecule has 0 aromatic heterocycles. The van der Waals surface area contributed by atoms with Crippen LogP contribution in [0.3, 0.4) is 0 Å². The Morgan fingerprint density at radius 1 is 0.857 bits per heavy atom. The third-order valence-corrected chi connectivity index (χ3v) is 5.52. The maximum atomic E-state index is 2.33. The number of hydrogen-bond acceptors (Lipinski definition) is 0. The fraction of sp³-hybridized carbons (Fsp3) is 0.600. The van der Waals surface area contributed by atoms with E-state index in [1.165, 1.54) is 11.1 Å². The van der Waals surface area contributed by atoms with Crippen molar-refractivity contribution in [2.45, 2.75) is 34.6 Å². The molecular weight excluding hydrogens is 318 g/mol. The molecule has 0 aliphatic heterocycles. The molecule has 0 bridgehead atoms. The van der Waals surface area contributed by atoms with Crippen LogP contribution >= 0.6 is 37.2 Å². The second kappa shape index (κ2) is 6.74. The zero-order valence-corrected chi connectivity index (χ0v) is 14.1. The van der Waals surface area contributed by atoms with Gasteiger partial charge in [0, 0.05) is 0 Å². The van der Waals surface area contributed by atoms with Crippen molar-refractivity contribution in [1.82, 2.24) is 0 Å². The van der Waals surface area contributed by atoms with Gasteiger partial charge in [0.15, 0.2) is 0 Å². The van der Waals surface area contributed by atoms with Crippen molar-refractivity contribution >= 4 is 37.2 Å². The second-order valence-electron chi connectivity index (χ2n) is 3.88. The minimum atomic E-state index is 0. The molecule has 0 saturated carbocycles. The summed E-state index contributed by atoms with van der Waals surface area (Å²) in [6, 6.07) is 0. The van der Waals surface area contributed by atoms with E-state index in [-0.39, 0.29) is 37.2 Å². The molecule has 0 heterocycles. The van der Waals surface area contributed by atoms with Crippen LogP contribution in [0, 0.1) is 5.41 Å². The summed E-state index contributed by atoms with van der Waals surface area (Å²) in [5.41, 5.74) is 4.96. The van der Waals surface area contributed by atoms with E-state index in [1.807, 2.05) is 0 Å². The number of hydrogen-bond donors (Lipinski definition) is 0. The zero-order chi connectivity index (χ0) is 8.81. The van der Waals surface area contributed by atoms with Crippen LogP contribution in [0.5, 0.6) is 0 Å². The Bertz CT molecular complexity index is 239. The first-order valence-electron chi connectivity index (χ1n) is 4.00. The van der Waals surface area contributed by atoms with Crippen LogP contribution in [0.15, 0.2) is 20.0 Å². The van der Waals surface area contributed by atoms with Crippen LogP contribution < -0.4 is 0 Å². The Morgan fingerprint density at radius 3 is 1.29 bits per heavy atom. The molecule has 14 heavy (non-hydrogen) atoms. The SMILES string of the molecule is CC1=C(C)C(C)(C)[C]([Zr])=C1C.Cl.Cl.Cl. The summed E-state index contributed by atoms with van der Waals surface area (Å²) in [6.45, 7) is 11.4. The number of rotatable bonds is 0. The van der Waals surface area contributed by atoms with Gasteiger partial charge in [-0.3, -0.25) is 0 Å². The summed E-state index contributed by atoms with van der Waals surface area (Å²) >= 11 is 1.57. The molecule has 1 rings (SSSR count). The average Bonchev–Trinajstić information content (AvgIpc) is 2.06. The zero-order valence-electron chi connectivity index (χ0n) is 9.22. The molecule has 0 aromatic carbocycles. The normalized spacial score (nSPS) is 18.3. The molecule has 0 N–H and O–H groups in total. The van der Waals surface area contributed by atoms with Crippen molar-refractivity contribution in [1.29, 1.82) is 0 Å². The minimum Gasteiger partial charge on any atom is -0.147 e. The summed E-state index contributed by atoms with van der Waals surface area (Å²) in [5, 5.41) is 0. The average molecular weight is 336 g/mol. The predicted octanol–water partition coefficient (Wildman–Crippen LogP) is 4.45. The molecule has 0 aromatic rings. The van der Waals surface area contributed by atoms with Crippen molar-refractivity contribution in [2.24, 2.45) is 5.41 Å². The van der Waals surface area contributed by atoms with Crippen molar-refractivity contribution in [3.8, 4) is 0 Å². The Morgan fingerprint density at radius 2 is 1.21 bits per heavy atom. The maximum Gasteiger partial charge on any atom is -0.147 e. The van der Waals surface area contributed by atoms with Crippen LogP contribution in [-0.2, 0) is 24.7 Å².